The van der Waals surface area contributed by atoms with Gasteiger partial charge in [-0.2, -0.15) is 0 Å². The average Bonchev–Trinajstić information content (AvgIpc) is 2.39. The zero-order valence-corrected chi connectivity index (χ0v) is 11.4. The van der Waals surface area contributed by atoms with Crippen LogP contribution in [0, 0.1) is 0 Å². The van der Waals surface area contributed by atoms with Crippen LogP contribution in [0.3, 0.4) is 0 Å². The Bertz CT molecular complexity index is 636. The average molecular weight is 275 g/mol. The molecule has 100 valence electrons. The molecule has 0 aromatic heterocycles. The van der Waals surface area contributed by atoms with Crippen LogP contribution in [0.5, 0.6) is 0 Å². The summed E-state index contributed by atoms with van der Waals surface area (Å²) in [7, 11) is -3.15. The van der Waals surface area contributed by atoms with Gasteiger partial charge in [0.05, 0.1) is 11.5 Å². The highest BCUT2D eigenvalue weighted by atomic mass is 32.2. The molecule has 0 radical (unpaired) electrons. The molecule has 0 heterocycles. The van der Waals surface area contributed by atoms with Crippen molar-refractivity contribution < 1.29 is 8.42 Å². The fraction of sp³-hybridized carbons (Fsp3) is 0.200. The van der Waals surface area contributed by atoms with Crippen LogP contribution in [0.2, 0.25) is 0 Å². The van der Waals surface area contributed by atoms with Gasteiger partial charge in [-0.05, 0) is 16.7 Å². The summed E-state index contributed by atoms with van der Waals surface area (Å²) in [4.78, 5) is 0. The molecule has 0 saturated carbocycles. The van der Waals surface area contributed by atoms with Crippen LogP contribution in [0.4, 0.5) is 0 Å². The van der Waals surface area contributed by atoms with E-state index >= 15 is 0 Å². The Labute approximate surface area is 114 Å². The third-order valence-electron chi connectivity index (χ3n) is 2.84. The normalized spacial score (nSPS) is 11.4. The van der Waals surface area contributed by atoms with Crippen LogP contribution >= 0.6 is 0 Å². The molecular weight excluding hydrogens is 258 g/mol. The minimum atomic E-state index is -3.15. The van der Waals surface area contributed by atoms with Crippen LogP contribution in [0.25, 0.3) is 0 Å². The Balaban J connectivity index is 2.12. The Kier molecular flexibility index (Phi) is 4.35. The number of rotatable bonds is 5. The molecule has 0 unspecified atom stereocenters. The second-order valence-corrected chi connectivity index (χ2v) is 6.61. The molecule has 0 atom stereocenters. The first kappa shape index (κ1) is 13.8. The SMILES string of the molecule is NCc1cccc(CS(=O)(=O)Cc2ccccc2)c1. The Morgan fingerprint density at radius 2 is 1.37 bits per heavy atom. The molecule has 0 aliphatic heterocycles. The minimum Gasteiger partial charge on any atom is -0.326 e. The molecule has 0 fully saturated rings. The smallest absolute Gasteiger partial charge is 0.158 e. The maximum absolute atomic E-state index is 12.1. The molecule has 3 nitrogen and oxygen atoms in total. The van der Waals surface area contributed by atoms with Gasteiger partial charge in [-0.3, -0.25) is 0 Å². The number of hydrogen-bond donors (Lipinski definition) is 1. The largest absolute Gasteiger partial charge is 0.326 e. The van der Waals surface area contributed by atoms with Gasteiger partial charge in [-0.1, -0.05) is 54.6 Å². The van der Waals surface area contributed by atoms with E-state index in [1.165, 1.54) is 0 Å². The van der Waals surface area contributed by atoms with Gasteiger partial charge >= 0.3 is 0 Å². The van der Waals surface area contributed by atoms with E-state index in [1.807, 2.05) is 54.6 Å². The second-order valence-electron chi connectivity index (χ2n) is 4.54. The van der Waals surface area contributed by atoms with Crippen molar-refractivity contribution in [3.05, 3.63) is 71.3 Å². The monoisotopic (exact) mass is 275 g/mol. The molecule has 4 heteroatoms. The predicted molar refractivity (Wildman–Crippen MR) is 77.1 cm³/mol. The Morgan fingerprint density at radius 1 is 0.789 bits per heavy atom. The summed E-state index contributed by atoms with van der Waals surface area (Å²) in [5, 5.41) is 0. The van der Waals surface area contributed by atoms with Crippen LogP contribution in [0.1, 0.15) is 16.7 Å². The van der Waals surface area contributed by atoms with Crippen molar-refractivity contribution in [3.8, 4) is 0 Å². The molecule has 0 saturated heterocycles. The van der Waals surface area contributed by atoms with E-state index < -0.39 is 9.84 Å². The number of nitrogens with two attached hydrogens (primary N) is 1. The van der Waals surface area contributed by atoms with E-state index in [-0.39, 0.29) is 11.5 Å². The van der Waals surface area contributed by atoms with Crippen LogP contribution in [-0.2, 0) is 27.9 Å². The van der Waals surface area contributed by atoms with E-state index in [2.05, 4.69) is 0 Å². The van der Waals surface area contributed by atoms with E-state index in [4.69, 9.17) is 5.73 Å². The molecule has 0 amide bonds. The summed E-state index contributed by atoms with van der Waals surface area (Å²) in [6, 6.07) is 16.6. The molecule has 0 bridgehead atoms. The first-order valence-corrected chi connectivity index (χ1v) is 7.93. The fourth-order valence-electron chi connectivity index (χ4n) is 1.98. The predicted octanol–water partition coefficient (Wildman–Crippen LogP) is 2.26. The summed E-state index contributed by atoms with van der Waals surface area (Å²) < 4.78 is 24.3. The third-order valence-corrected chi connectivity index (χ3v) is 4.39. The quantitative estimate of drug-likeness (QED) is 0.910. The molecule has 0 aliphatic rings. The number of sulfone groups is 1. The van der Waals surface area contributed by atoms with Gasteiger partial charge in [0.2, 0.25) is 0 Å². The van der Waals surface area contributed by atoms with Crippen molar-refractivity contribution in [1.82, 2.24) is 0 Å². The lowest BCUT2D eigenvalue weighted by atomic mass is 10.1. The van der Waals surface area contributed by atoms with Crippen molar-refractivity contribution in [2.24, 2.45) is 5.73 Å². The first-order chi connectivity index (χ1) is 9.09. The van der Waals surface area contributed by atoms with Crippen LogP contribution < -0.4 is 5.73 Å². The van der Waals surface area contributed by atoms with Crippen molar-refractivity contribution in [2.75, 3.05) is 0 Å². The van der Waals surface area contributed by atoms with Gasteiger partial charge < -0.3 is 5.73 Å². The van der Waals surface area contributed by atoms with Crippen LogP contribution in [0.15, 0.2) is 54.6 Å². The van der Waals surface area contributed by atoms with Gasteiger partial charge in [-0.25, -0.2) is 8.42 Å². The maximum Gasteiger partial charge on any atom is 0.158 e. The zero-order valence-electron chi connectivity index (χ0n) is 10.6. The summed E-state index contributed by atoms with van der Waals surface area (Å²) in [5.74, 6) is 0.121. The summed E-state index contributed by atoms with van der Waals surface area (Å²) in [5.41, 5.74) is 8.12. The van der Waals surface area contributed by atoms with Gasteiger partial charge in [0.15, 0.2) is 9.84 Å². The standard InChI is InChI=1S/C15H17NO2S/c16-10-14-7-4-8-15(9-14)12-19(17,18)11-13-5-2-1-3-6-13/h1-9H,10-12,16H2. The van der Waals surface area contributed by atoms with Gasteiger partial charge in [-0.15, -0.1) is 0 Å². The summed E-state index contributed by atoms with van der Waals surface area (Å²) >= 11 is 0. The molecular formula is C15H17NO2S. The van der Waals surface area contributed by atoms with E-state index in [0.29, 0.717) is 6.54 Å². The fourth-order valence-corrected chi connectivity index (χ4v) is 3.47. The lowest BCUT2D eigenvalue weighted by Crippen LogP contribution is -2.08. The highest BCUT2D eigenvalue weighted by molar-refractivity contribution is 7.89. The Hall–Kier alpha value is -1.65. The molecule has 2 N–H and O–H groups in total. The molecule has 2 rings (SSSR count). The number of hydrogen-bond acceptors (Lipinski definition) is 3. The molecule has 0 spiro atoms. The topological polar surface area (TPSA) is 60.2 Å². The number of benzene rings is 2. The van der Waals surface area contributed by atoms with Gasteiger partial charge in [0.25, 0.3) is 0 Å². The Morgan fingerprint density at radius 3 is 2.05 bits per heavy atom. The van der Waals surface area contributed by atoms with Crippen molar-refractivity contribution in [3.63, 3.8) is 0 Å². The molecule has 19 heavy (non-hydrogen) atoms. The zero-order chi connectivity index (χ0) is 13.7. The van der Waals surface area contributed by atoms with Gasteiger partial charge in [0, 0.05) is 6.54 Å². The summed E-state index contributed by atoms with van der Waals surface area (Å²) in [6.07, 6.45) is 0. The lowest BCUT2D eigenvalue weighted by Gasteiger charge is -2.06. The highest BCUT2D eigenvalue weighted by Crippen LogP contribution is 2.13. The van der Waals surface area contributed by atoms with E-state index in [0.717, 1.165) is 16.7 Å². The van der Waals surface area contributed by atoms with E-state index in [1.54, 1.807) is 0 Å². The third kappa shape index (κ3) is 4.19. The second kappa shape index (κ2) is 5.99. The molecule has 2 aromatic rings. The van der Waals surface area contributed by atoms with Crippen molar-refractivity contribution in [2.45, 2.75) is 18.1 Å². The van der Waals surface area contributed by atoms with Gasteiger partial charge in [0.1, 0.15) is 0 Å². The molecule has 2 aromatic carbocycles. The highest BCUT2D eigenvalue weighted by Gasteiger charge is 2.13. The summed E-state index contributed by atoms with van der Waals surface area (Å²) in [6.45, 7) is 0.423. The minimum absolute atomic E-state index is 0.0513. The first-order valence-electron chi connectivity index (χ1n) is 6.11. The lowest BCUT2D eigenvalue weighted by molar-refractivity contribution is 0.594. The van der Waals surface area contributed by atoms with E-state index in [9.17, 15) is 8.42 Å². The molecule has 0 aliphatic carbocycles. The van der Waals surface area contributed by atoms with Crippen molar-refractivity contribution in [1.29, 1.82) is 0 Å². The van der Waals surface area contributed by atoms with Crippen LogP contribution in [-0.4, -0.2) is 8.42 Å². The van der Waals surface area contributed by atoms with Crippen molar-refractivity contribution >= 4 is 9.84 Å². The maximum atomic E-state index is 12.1.